The normalized spacial score (nSPS) is 11.4. The number of benzene rings is 1. The molecule has 0 bridgehead atoms. The average Bonchev–Trinajstić information content (AvgIpc) is 2.61. The number of nitrogens with one attached hydrogen (secondary N) is 1. The van der Waals surface area contributed by atoms with Gasteiger partial charge in [0.25, 0.3) is 0 Å². The van der Waals surface area contributed by atoms with Crippen molar-refractivity contribution in [3.8, 4) is 5.88 Å². The molecule has 0 aliphatic rings. The number of aromatic nitrogens is 2. The van der Waals surface area contributed by atoms with Gasteiger partial charge in [-0.2, -0.15) is 4.98 Å². The van der Waals surface area contributed by atoms with E-state index in [1.807, 2.05) is 0 Å². The molecule has 0 saturated heterocycles. The van der Waals surface area contributed by atoms with Crippen LogP contribution in [0.3, 0.4) is 0 Å². The van der Waals surface area contributed by atoms with E-state index in [0.29, 0.717) is 4.31 Å². The molecule has 0 spiro atoms. The fourth-order valence-electron chi connectivity index (χ4n) is 1.99. The molecule has 1 heterocycles. The number of rotatable bonds is 6. The Hall–Kier alpha value is -2.76. The molecule has 1 aromatic heterocycles. The average molecular weight is 414 g/mol. The molecule has 27 heavy (non-hydrogen) atoms. The first-order valence-electron chi connectivity index (χ1n) is 7.42. The number of methoxy groups -OCH3 is 1. The van der Waals surface area contributed by atoms with E-state index in [9.17, 15) is 18.4 Å². The zero-order valence-corrected chi connectivity index (χ0v) is 15.7. The summed E-state index contributed by atoms with van der Waals surface area (Å²) in [7, 11) is 1.33. The number of ether oxygens (including phenoxy) is 2. The highest BCUT2D eigenvalue weighted by atomic mass is 35.5. The molecule has 144 valence electrons. The van der Waals surface area contributed by atoms with Crippen LogP contribution in [0.2, 0.25) is 5.15 Å². The molecule has 2 rings (SSSR count). The number of carbonyl (C=O) groups excluding carboxylic acids is 2. The van der Waals surface area contributed by atoms with Crippen molar-refractivity contribution in [3.63, 3.8) is 0 Å². The number of esters is 1. The Labute approximate surface area is 161 Å². The van der Waals surface area contributed by atoms with Gasteiger partial charge in [-0.15, -0.1) is 0 Å². The zero-order valence-electron chi connectivity index (χ0n) is 14.2. The Morgan fingerprint density at radius 1 is 1.33 bits per heavy atom. The van der Waals surface area contributed by atoms with Gasteiger partial charge in [-0.1, -0.05) is 23.7 Å². The van der Waals surface area contributed by atoms with Gasteiger partial charge in [0.1, 0.15) is 5.15 Å². The summed E-state index contributed by atoms with van der Waals surface area (Å²) in [5, 5.41) is 2.16. The number of carbonyl (C=O) groups is 2. The Bertz CT molecular complexity index is 881. The van der Waals surface area contributed by atoms with E-state index in [1.54, 1.807) is 6.92 Å². The maximum atomic E-state index is 12.5. The SMILES string of the molecule is CCOC(=O)c1ccccc1N(C(=O)Nc1nc(Cl)cc(OC)n1)S(=O)[O-]. The first-order chi connectivity index (χ1) is 12.9. The number of anilines is 2. The number of para-hydroxylation sites is 1. The molecule has 2 aromatic rings. The van der Waals surface area contributed by atoms with Crippen molar-refractivity contribution in [2.24, 2.45) is 0 Å². The summed E-state index contributed by atoms with van der Waals surface area (Å²) in [6.07, 6.45) is 0. The Morgan fingerprint density at radius 3 is 2.67 bits per heavy atom. The quantitative estimate of drug-likeness (QED) is 0.432. The van der Waals surface area contributed by atoms with Gasteiger partial charge in [0.05, 0.1) is 36.2 Å². The number of amides is 2. The number of hydrogen-bond acceptors (Lipinski definition) is 8. The van der Waals surface area contributed by atoms with Gasteiger partial charge in [0.15, 0.2) is 0 Å². The van der Waals surface area contributed by atoms with E-state index in [-0.39, 0.29) is 34.8 Å². The van der Waals surface area contributed by atoms with E-state index in [2.05, 4.69) is 15.3 Å². The molecule has 0 radical (unpaired) electrons. The highest BCUT2D eigenvalue weighted by Gasteiger charge is 2.24. The Morgan fingerprint density at radius 2 is 2.04 bits per heavy atom. The van der Waals surface area contributed by atoms with Crippen molar-refractivity contribution in [1.29, 1.82) is 0 Å². The summed E-state index contributed by atoms with van der Waals surface area (Å²) < 4.78 is 33.5. The maximum Gasteiger partial charge on any atom is 0.340 e. The number of halogens is 1. The van der Waals surface area contributed by atoms with Gasteiger partial charge < -0.3 is 14.0 Å². The highest BCUT2D eigenvalue weighted by molar-refractivity contribution is 7.81. The predicted molar refractivity (Wildman–Crippen MR) is 96.4 cm³/mol. The van der Waals surface area contributed by atoms with Crippen LogP contribution in [0.4, 0.5) is 16.4 Å². The lowest BCUT2D eigenvalue weighted by Gasteiger charge is -2.25. The Balaban J connectivity index is 2.39. The third-order valence-electron chi connectivity index (χ3n) is 3.05. The monoisotopic (exact) mass is 413 g/mol. The molecule has 2 amide bonds. The summed E-state index contributed by atoms with van der Waals surface area (Å²) in [6, 6.07) is 5.75. The Kier molecular flexibility index (Phi) is 7.05. The minimum atomic E-state index is -3.06. The van der Waals surface area contributed by atoms with Crippen molar-refractivity contribution >= 4 is 46.5 Å². The van der Waals surface area contributed by atoms with Crippen LogP contribution in [-0.4, -0.2) is 44.4 Å². The van der Waals surface area contributed by atoms with E-state index in [0.717, 1.165) is 0 Å². The first kappa shape index (κ1) is 20.6. The van der Waals surface area contributed by atoms with E-state index >= 15 is 0 Å². The van der Waals surface area contributed by atoms with Crippen LogP contribution in [0.15, 0.2) is 30.3 Å². The zero-order chi connectivity index (χ0) is 20.0. The topological polar surface area (TPSA) is 134 Å². The van der Waals surface area contributed by atoms with Crippen LogP contribution in [0, 0.1) is 0 Å². The molecule has 0 aliphatic heterocycles. The van der Waals surface area contributed by atoms with Gasteiger partial charge in [-0.25, -0.2) is 18.9 Å². The second-order valence-electron chi connectivity index (χ2n) is 4.74. The summed E-state index contributed by atoms with van der Waals surface area (Å²) in [6.45, 7) is 1.68. The van der Waals surface area contributed by atoms with Crippen LogP contribution in [0.25, 0.3) is 0 Å². The van der Waals surface area contributed by atoms with Gasteiger partial charge in [0.2, 0.25) is 11.8 Å². The second-order valence-corrected chi connectivity index (χ2v) is 5.92. The fourth-order valence-corrected chi connectivity index (χ4v) is 2.67. The van der Waals surface area contributed by atoms with Crippen LogP contribution >= 0.6 is 11.6 Å². The maximum absolute atomic E-state index is 12.5. The summed E-state index contributed by atoms with van der Waals surface area (Å²) in [5.74, 6) is -1.00. The van der Waals surface area contributed by atoms with E-state index in [4.69, 9.17) is 21.1 Å². The van der Waals surface area contributed by atoms with Crippen molar-refractivity contribution < 1.29 is 27.8 Å². The van der Waals surface area contributed by atoms with Gasteiger partial charge in [0, 0.05) is 6.07 Å². The molecule has 1 atom stereocenters. The fraction of sp³-hybridized carbons (Fsp3) is 0.200. The van der Waals surface area contributed by atoms with Crippen LogP contribution in [0.5, 0.6) is 5.88 Å². The van der Waals surface area contributed by atoms with Crippen molar-refractivity contribution in [3.05, 3.63) is 41.0 Å². The highest BCUT2D eigenvalue weighted by Crippen LogP contribution is 2.24. The molecule has 1 N–H and O–H groups in total. The smallest absolute Gasteiger partial charge is 0.340 e. The van der Waals surface area contributed by atoms with Gasteiger partial charge >= 0.3 is 12.0 Å². The molecule has 0 saturated carbocycles. The lowest BCUT2D eigenvalue weighted by molar-refractivity contribution is 0.0527. The van der Waals surface area contributed by atoms with Crippen molar-refractivity contribution in [2.45, 2.75) is 6.92 Å². The van der Waals surface area contributed by atoms with E-state index < -0.39 is 23.3 Å². The van der Waals surface area contributed by atoms with Gasteiger partial charge in [-0.3, -0.25) is 9.53 Å². The lowest BCUT2D eigenvalue weighted by Crippen LogP contribution is -2.38. The molecular weight excluding hydrogens is 400 g/mol. The predicted octanol–water partition coefficient (Wildman–Crippen LogP) is 2.15. The summed E-state index contributed by atoms with van der Waals surface area (Å²) >= 11 is 2.74. The van der Waals surface area contributed by atoms with Crippen molar-refractivity contribution in [1.82, 2.24) is 9.97 Å². The van der Waals surface area contributed by atoms with Crippen LogP contribution in [0.1, 0.15) is 17.3 Å². The summed E-state index contributed by atoms with van der Waals surface area (Å²) in [5.41, 5.74) is -0.306. The molecular formula is C15H14ClN4O6S-. The standard InChI is InChI=1S/C15H15ClN4O6S/c1-3-26-13(21)9-6-4-5-7-10(9)20(27(23)24)15(22)19-14-17-11(16)8-12(18-14)25-2/h4-8H,3H2,1-2H3,(H,23,24)(H,17,18,19,22)/p-1. The van der Waals surface area contributed by atoms with Gasteiger partial charge in [-0.05, 0) is 19.1 Å². The third-order valence-corrected chi connectivity index (χ3v) is 3.91. The third kappa shape index (κ3) is 5.12. The number of urea groups is 1. The number of hydrogen-bond donors (Lipinski definition) is 1. The minimum Gasteiger partial charge on any atom is -0.755 e. The largest absolute Gasteiger partial charge is 0.755 e. The second kappa shape index (κ2) is 9.26. The molecule has 1 aromatic carbocycles. The lowest BCUT2D eigenvalue weighted by atomic mass is 10.2. The molecule has 0 aliphatic carbocycles. The van der Waals surface area contributed by atoms with Crippen LogP contribution in [-0.2, 0) is 16.0 Å². The van der Waals surface area contributed by atoms with Crippen LogP contribution < -0.4 is 14.4 Å². The molecule has 0 fully saturated rings. The van der Waals surface area contributed by atoms with Crippen molar-refractivity contribution in [2.75, 3.05) is 23.3 Å². The number of nitrogens with zero attached hydrogens (tertiary/aromatic N) is 3. The minimum absolute atomic E-state index is 0.0288. The molecule has 1 unspecified atom stereocenters. The molecule has 12 heteroatoms. The molecule has 10 nitrogen and oxygen atoms in total. The summed E-state index contributed by atoms with van der Waals surface area (Å²) in [4.78, 5) is 32.2. The first-order valence-corrected chi connectivity index (χ1v) is 8.83. The van der Waals surface area contributed by atoms with E-state index in [1.165, 1.54) is 37.4 Å².